The first kappa shape index (κ1) is 17.1. The molecule has 0 amide bonds. The summed E-state index contributed by atoms with van der Waals surface area (Å²) in [5.74, 6) is 1.45. The zero-order valence-corrected chi connectivity index (χ0v) is 16.4. The largest absolute Gasteiger partial charge is 0.270 e. The van der Waals surface area contributed by atoms with Crippen LogP contribution in [0.1, 0.15) is 54.7 Å². The molecule has 2 saturated carbocycles. The van der Waals surface area contributed by atoms with Crippen molar-refractivity contribution < 1.29 is 0 Å². The highest BCUT2D eigenvalue weighted by molar-refractivity contribution is 5.60. The molecule has 8 nitrogen and oxygen atoms in total. The van der Waals surface area contributed by atoms with E-state index in [1.165, 1.54) is 31.4 Å². The zero-order valence-electron chi connectivity index (χ0n) is 16.4. The Bertz CT molecular complexity index is 1110. The van der Waals surface area contributed by atoms with Crippen LogP contribution in [0.4, 0.5) is 0 Å². The normalized spacial score (nSPS) is 16.2. The van der Waals surface area contributed by atoms with Crippen molar-refractivity contribution in [2.75, 3.05) is 0 Å². The highest BCUT2D eigenvalue weighted by Gasteiger charge is 2.27. The number of aryl methyl sites for hydroxylation is 3. The maximum absolute atomic E-state index is 4.65. The molecule has 6 rings (SSSR count). The van der Waals surface area contributed by atoms with E-state index in [-0.39, 0.29) is 0 Å². The Hall–Kier alpha value is -3.03. The van der Waals surface area contributed by atoms with Gasteiger partial charge in [0.25, 0.3) is 0 Å². The SMILES string of the molecule is Cc1cc(-c2cc(C3CC3)nn2C)nn2c(C)nnc12.c1cnn(C2CC2)c1. The summed E-state index contributed by atoms with van der Waals surface area (Å²) < 4.78 is 5.75. The number of rotatable bonds is 3. The number of nitrogens with zero attached hydrogens (tertiary/aromatic N) is 8. The third kappa shape index (κ3) is 3.19. The van der Waals surface area contributed by atoms with Gasteiger partial charge in [0, 0.05) is 25.4 Å². The number of hydrogen-bond donors (Lipinski definition) is 0. The van der Waals surface area contributed by atoms with Gasteiger partial charge in [-0.05, 0) is 63.3 Å². The second-order valence-corrected chi connectivity index (χ2v) is 7.76. The van der Waals surface area contributed by atoms with Gasteiger partial charge in [-0.15, -0.1) is 10.2 Å². The molecule has 0 atom stereocenters. The van der Waals surface area contributed by atoms with Crippen LogP contribution >= 0.6 is 0 Å². The molecule has 2 fully saturated rings. The van der Waals surface area contributed by atoms with Gasteiger partial charge in [-0.2, -0.15) is 19.8 Å². The van der Waals surface area contributed by atoms with E-state index in [0.29, 0.717) is 5.92 Å². The van der Waals surface area contributed by atoms with Crippen molar-refractivity contribution in [1.29, 1.82) is 0 Å². The summed E-state index contributed by atoms with van der Waals surface area (Å²) in [6, 6.07) is 6.92. The van der Waals surface area contributed by atoms with Crippen LogP contribution in [0.3, 0.4) is 0 Å². The standard InChI is InChI=1S/C14H16N6.C6H8N2/c1-8-6-12(18-20-9(2)15-16-14(8)20)13-7-11(10-4-5-10)17-19(13)3;1-4-7-8(5-1)6-2-3-6/h6-7,10H,4-5H2,1-3H3;1,4-6H,2-3H2. The first-order valence-electron chi connectivity index (χ1n) is 9.83. The van der Waals surface area contributed by atoms with Gasteiger partial charge < -0.3 is 0 Å². The van der Waals surface area contributed by atoms with Crippen LogP contribution in [0, 0.1) is 13.8 Å². The molecule has 4 aromatic heterocycles. The van der Waals surface area contributed by atoms with Crippen LogP contribution in [0.2, 0.25) is 0 Å². The van der Waals surface area contributed by atoms with Crippen molar-refractivity contribution >= 4 is 5.65 Å². The molecule has 28 heavy (non-hydrogen) atoms. The summed E-state index contributed by atoms with van der Waals surface area (Å²) in [6.45, 7) is 3.95. The average Bonchev–Trinajstić information content (AvgIpc) is 3.59. The van der Waals surface area contributed by atoms with E-state index in [2.05, 4.69) is 37.6 Å². The van der Waals surface area contributed by atoms with Crippen LogP contribution in [0.15, 0.2) is 30.6 Å². The Morgan fingerprint density at radius 2 is 1.82 bits per heavy atom. The first-order chi connectivity index (χ1) is 13.6. The Labute approximate surface area is 163 Å². The van der Waals surface area contributed by atoms with Crippen molar-refractivity contribution in [2.45, 2.75) is 51.5 Å². The molecule has 0 saturated heterocycles. The quantitative estimate of drug-likeness (QED) is 0.548. The van der Waals surface area contributed by atoms with E-state index in [0.717, 1.165) is 34.5 Å². The molecule has 2 aliphatic rings. The number of hydrogen-bond acceptors (Lipinski definition) is 5. The molecular weight excluding hydrogens is 352 g/mol. The smallest absolute Gasteiger partial charge is 0.180 e. The summed E-state index contributed by atoms with van der Waals surface area (Å²) in [5, 5.41) is 21.6. The topological polar surface area (TPSA) is 78.7 Å². The monoisotopic (exact) mass is 376 g/mol. The van der Waals surface area contributed by atoms with Crippen molar-refractivity contribution in [3.8, 4) is 11.4 Å². The lowest BCUT2D eigenvalue weighted by Gasteiger charge is -2.04. The van der Waals surface area contributed by atoms with Crippen molar-refractivity contribution in [1.82, 2.24) is 39.4 Å². The highest BCUT2D eigenvalue weighted by atomic mass is 15.4. The lowest BCUT2D eigenvalue weighted by molar-refractivity contribution is 0.641. The number of aromatic nitrogens is 8. The van der Waals surface area contributed by atoms with E-state index >= 15 is 0 Å². The van der Waals surface area contributed by atoms with Crippen LogP contribution in [0.5, 0.6) is 0 Å². The molecule has 4 aromatic rings. The second-order valence-electron chi connectivity index (χ2n) is 7.76. The third-order valence-corrected chi connectivity index (χ3v) is 5.31. The van der Waals surface area contributed by atoms with Gasteiger partial charge in [-0.3, -0.25) is 9.36 Å². The molecule has 0 radical (unpaired) electrons. The molecule has 2 aliphatic carbocycles. The van der Waals surface area contributed by atoms with Gasteiger partial charge in [-0.25, -0.2) is 0 Å². The van der Waals surface area contributed by atoms with Gasteiger partial charge in [0.15, 0.2) is 11.5 Å². The van der Waals surface area contributed by atoms with Gasteiger partial charge in [0.1, 0.15) is 5.69 Å². The summed E-state index contributed by atoms with van der Waals surface area (Å²) in [6.07, 6.45) is 9.01. The molecule has 0 aliphatic heterocycles. The Morgan fingerprint density at radius 3 is 2.50 bits per heavy atom. The predicted molar refractivity (Wildman–Crippen MR) is 105 cm³/mol. The van der Waals surface area contributed by atoms with Crippen LogP contribution < -0.4 is 0 Å². The fraction of sp³-hybridized carbons (Fsp3) is 0.450. The molecule has 4 heterocycles. The van der Waals surface area contributed by atoms with Crippen molar-refractivity contribution in [2.24, 2.45) is 7.05 Å². The third-order valence-electron chi connectivity index (χ3n) is 5.31. The molecule has 0 unspecified atom stereocenters. The molecule has 144 valence electrons. The summed E-state index contributed by atoms with van der Waals surface area (Å²) in [4.78, 5) is 0. The highest BCUT2D eigenvalue weighted by Crippen LogP contribution is 2.40. The van der Waals surface area contributed by atoms with E-state index in [9.17, 15) is 0 Å². The molecule has 0 aromatic carbocycles. The van der Waals surface area contributed by atoms with Gasteiger partial charge >= 0.3 is 0 Å². The van der Waals surface area contributed by atoms with E-state index < -0.39 is 0 Å². The lowest BCUT2D eigenvalue weighted by atomic mass is 10.2. The minimum atomic E-state index is 0.649. The molecule has 8 heteroatoms. The summed E-state index contributed by atoms with van der Waals surface area (Å²) >= 11 is 0. The van der Waals surface area contributed by atoms with Crippen LogP contribution in [-0.4, -0.2) is 39.4 Å². The molecule has 0 N–H and O–H groups in total. The molecule has 0 spiro atoms. The average molecular weight is 376 g/mol. The zero-order chi connectivity index (χ0) is 19.3. The number of fused-ring (bicyclic) bond motifs is 1. The van der Waals surface area contributed by atoms with E-state index in [1.807, 2.05) is 48.7 Å². The predicted octanol–water partition coefficient (Wildman–Crippen LogP) is 3.24. The van der Waals surface area contributed by atoms with Crippen molar-refractivity contribution in [3.63, 3.8) is 0 Å². The lowest BCUT2D eigenvalue weighted by Crippen LogP contribution is -2.02. The molecular formula is C20H24N8. The van der Waals surface area contributed by atoms with Gasteiger partial charge in [0.05, 0.1) is 17.4 Å². The maximum Gasteiger partial charge on any atom is 0.180 e. The Balaban J connectivity index is 0.000000177. The Morgan fingerprint density at radius 1 is 1.00 bits per heavy atom. The van der Waals surface area contributed by atoms with E-state index in [1.54, 1.807) is 4.52 Å². The van der Waals surface area contributed by atoms with Gasteiger partial charge in [-0.1, -0.05) is 0 Å². The first-order valence-corrected chi connectivity index (χ1v) is 9.83. The molecule has 0 bridgehead atoms. The van der Waals surface area contributed by atoms with E-state index in [4.69, 9.17) is 0 Å². The summed E-state index contributed by atoms with van der Waals surface area (Å²) in [5.41, 5.74) is 5.04. The van der Waals surface area contributed by atoms with Crippen LogP contribution in [0.25, 0.3) is 17.0 Å². The summed E-state index contributed by atoms with van der Waals surface area (Å²) in [7, 11) is 1.97. The van der Waals surface area contributed by atoms with Gasteiger partial charge in [0.2, 0.25) is 0 Å². The Kier molecular flexibility index (Phi) is 3.99. The fourth-order valence-corrected chi connectivity index (χ4v) is 3.40. The minimum Gasteiger partial charge on any atom is -0.270 e. The second kappa shape index (κ2) is 6.54. The fourth-order valence-electron chi connectivity index (χ4n) is 3.40. The van der Waals surface area contributed by atoms with Crippen molar-refractivity contribution in [3.05, 3.63) is 47.7 Å². The van der Waals surface area contributed by atoms with Crippen LogP contribution in [-0.2, 0) is 7.05 Å². The minimum absolute atomic E-state index is 0.649. The maximum atomic E-state index is 4.65.